The molecule has 1 aromatic carbocycles. The molecule has 4 atom stereocenters. The van der Waals surface area contributed by atoms with Crippen molar-refractivity contribution in [3.63, 3.8) is 0 Å². The lowest BCUT2D eigenvalue weighted by molar-refractivity contribution is -0.139. The van der Waals surface area contributed by atoms with Gasteiger partial charge in [0.25, 0.3) is 0 Å². The Morgan fingerprint density at radius 3 is 2.16 bits per heavy atom. The molecule has 176 valence electrons. The number of benzene rings is 1. The first-order valence-corrected chi connectivity index (χ1v) is 10.2. The van der Waals surface area contributed by atoms with Crippen LogP contribution in [0, 0.1) is 5.92 Å². The first kappa shape index (κ1) is 26.6. The van der Waals surface area contributed by atoms with Crippen molar-refractivity contribution in [2.45, 2.75) is 51.2 Å². The summed E-state index contributed by atoms with van der Waals surface area (Å²) in [5.41, 5.74) is 12.0. The molecule has 4 amide bonds. The molecule has 11 nitrogen and oxygen atoms in total. The largest absolute Gasteiger partial charge is 0.480 e. The smallest absolute Gasteiger partial charge is 0.322 e. The summed E-state index contributed by atoms with van der Waals surface area (Å²) in [6.45, 7) is 2.87. The number of nitrogens with one attached hydrogen (secondary N) is 3. The van der Waals surface area contributed by atoms with E-state index in [1.165, 1.54) is 0 Å². The van der Waals surface area contributed by atoms with E-state index in [0.29, 0.717) is 6.42 Å². The Hall–Kier alpha value is -3.47. The molecule has 1 rings (SSSR count). The Labute approximate surface area is 186 Å². The predicted octanol–water partition coefficient (Wildman–Crippen LogP) is -1.35. The molecule has 11 heteroatoms. The Kier molecular flexibility index (Phi) is 10.8. The van der Waals surface area contributed by atoms with Gasteiger partial charge in [0.15, 0.2) is 0 Å². The fraction of sp³-hybridized carbons (Fsp3) is 0.476. The fourth-order valence-corrected chi connectivity index (χ4v) is 2.88. The number of carbonyl (C=O) groups excluding carboxylic acids is 4. The number of hydrogen-bond acceptors (Lipinski definition) is 6. The van der Waals surface area contributed by atoms with Gasteiger partial charge in [0.05, 0.1) is 12.5 Å². The van der Waals surface area contributed by atoms with Crippen LogP contribution in [0.3, 0.4) is 0 Å². The van der Waals surface area contributed by atoms with Crippen molar-refractivity contribution >= 4 is 29.6 Å². The second kappa shape index (κ2) is 13.1. The van der Waals surface area contributed by atoms with E-state index in [1.54, 1.807) is 38.1 Å². The predicted molar refractivity (Wildman–Crippen MR) is 116 cm³/mol. The van der Waals surface area contributed by atoms with Gasteiger partial charge >= 0.3 is 5.97 Å². The van der Waals surface area contributed by atoms with Crippen LogP contribution in [0.5, 0.6) is 0 Å². The molecule has 0 aliphatic heterocycles. The molecule has 0 aliphatic rings. The van der Waals surface area contributed by atoms with Gasteiger partial charge in [0, 0.05) is 0 Å². The van der Waals surface area contributed by atoms with Crippen LogP contribution in [0.4, 0.5) is 0 Å². The highest BCUT2D eigenvalue weighted by Crippen LogP contribution is 2.09. The van der Waals surface area contributed by atoms with Crippen LogP contribution in [0.25, 0.3) is 0 Å². The summed E-state index contributed by atoms with van der Waals surface area (Å²) in [5.74, 6) is -4.58. The van der Waals surface area contributed by atoms with Crippen molar-refractivity contribution in [2.75, 3.05) is 6.54 Å². The van der Waals surface area contributed by atoms with Crippen LogP contribution in [-0.2, 0) is 30.4 Å². The maximum absolute atomic E-state index is 12.8. The molecule has 0 fully saturated rings. The van der Waals surface area contributed by atoms with Gasteiger partial charge in [-0.3, -0.25) is 24.0 Å². The van der Waals surface area contributed by atoms with Gasteiger partial charge in [0.2, 0.25) is 23.6 Å². The SMILES string of the molecule is CCC(C)C(NC(=O)C(CC(N)=O)NC(=O)C(N)Cc1ccccc1)C(=O)NCC(=O)O. The Morgan fingerprint density at radius 2 is 1.62 bits per heavy atom. The van der Waals surface area contributed by atoms with Crippen LogP contribution in [-0.4, -0.2) is 59.4 Å². The van der Waals surface area contributed by atoms with Crippen molar-refractivity contribution in [1.29, 1.82) is 0 Å². The van der Waals surface area contributed by atoms with Crippen LogP contribution >= 0.6 is 0 Å². The van der Waals surface area contributed by atoms with Gasteiger partial charge in [-0.2, -0.15) is 0 Å². The zero-order valence-electron chi connectivity index (χ0n) is 18.2. The highest BCUT2D eigenvalue weighted by Gasteiger charge is 2.31. The summed E-state index contributed by atoms with van der Waals surface area (Å²) in [6.07, 6.45) is 0.213. The van der Waals surface area contributed by atoms with Crippen molar-refractivity contribution in [1.82, 2.24) is 16.0 Å². The van der Waals surface area contributed by atoms with Crippen LogP contribution in [0.1, 0.15) is 32.3 Å². The summed E-state index contributed by atoms with van der Waals surface area (Å²) in [4.78, 5) is 59.9. The third kappa shape index (κ3) is 9.13. The number of carbonyl (C=O) groups is 5. The molecule has 0 radical (unpaired) electrons. The minimum Gasteiger partial charge on any atom is -0.480 e. The molecular formula is C21H31N5O6. The van der Waals surface area contributed by atoms with Gasteiger partial charge < -0.3 is 32.5 Å². The van der Waals surface area contributed by atoms with Gasteiger partial charge in [-0.05, 0) is 17.9 Å². The van der Waals surface area contributed by atoms with Crippen LogP contribution in [0.15, 0.2) is 30.3 Å². The molecular weight excluding hydrogens is 418 g/mol. The van der Waals surface area contributed by atoms with E-state index < -0.39 is 60.7 Å². The second-order valence-electron chi connectivity index (χ2n) is 7.51. The topological polar surface area (TPSA) is 194 Å². The summed E-state index contributed by atoms with van der Waals surface area (Å²) >= 11 is 0. The maximum Gasteiger partial charge on any atom is 0.322 e. The zero-order valence-corrected chi connectivity index (χ0v) is 18.2. The zero-order chi connectivity index (χ0) is 24.3. The summed E-state index contributed by atoms with van der Waals surface area (Å²) in [7, 11) is 0. The molecule has 1 aromatic rings. The number of hydrogen-bond donors (Lipinski definition) is 6. The third-order valence-electron chi connectivity index (χ3n) is 4.88. The van der Waals surface area contributed by atoms with Crippen LogP contribution in [0.2, 0.25) is 0 Å². The van der Waals surface area contributed by atoms with Crippen molar-refractivity contribution in [2.24, 2.45) is 17.4 Å². The standard InChI is InChI=1S/C21H31N5O6/c1-3-12(2)18(21(32)24-11-17(28)29)26-20(31)15(10-16(23)27)25-19(30)14(22)9-13-7-5-4-6-8-13/h4-8,12,14-15,18H,3,9-11,22H2,1-2H3,(H2,23,27)(H,24,32)(H,25,30)(H,26,31)(H,28,29). The monoisotopic (exact) mass is 449 g/mol. The number of carboxylic acids is 1. The summed E-state index contributed by atoms with van der Waals surface area (Å²) < 4.78 is 0. The van der Waals surface area contributed by atoms with E-state index in [2.05, 4.69) is 16.0 Å². The number of amides is 4. The molecule has 4 unspecified atom stereocenters. The molecule has 0 saturated carbocycles. The fourth-order valence-electron chi connectivity index (χ4n) is 2.88. The van der Waals surface area contributed by atoms with E-state index in [4.69, 9.17) is 16.6 Å². The molecule has 0 aromatic heterocycles. The first-order chi connectivity index (χ1) is 15.0. The summed E-state index contributed by atoms with van der Waals surface area (Å²) in [6, 6.07) is 5.62. The van der Waals surface area contributed by atoms with Crippen LogP contribution < -0.4 is 27.4 Å². The molecule has 0 heterocycles. The normalized spacial score (nSPS) is 14.3. The Balaban J connectivity index is 2.89. The van der Waals surface area contributed by atoms with Crippen molar-refractivity contribution in [3.05, 3.63) is 35.9 Å². The number of carboxylic acid groups (broad SMARTS) is 1. The maximum atomic E-state index is 12.8. The van der Waals surface area contributed by atoms with E-state index in [9.17, 15) is 24.0 Å². The second-order valence-corrected chi connectivity index (χ2v) is 7.51. The number of aliphatic carboxylic acids is 1. The van der Waals surface area contributed by atoms with Gasteiger partial charge in [-0.1, -0.05) is 50.6 Å². The Bertz CT molecular complexity index is 816. The number of nitrogens with two attached hydrogens (primary N) is 2. The quantitative estimate of drug-likeness (QED) is 0.214. The average molecular weight is 450 g/mol. The molecule has 0 saturated heterocycles. The van der Waals surface area contributed by atoms with E-state index in [-0.39, 0.29) is 12.3 Å². The summed E-state index contributed by atoms with van der Waals surface area (Å²) in [5, 5.41) is 15.9. The molecule has 0 spiro atoms. The molecule has 8 N–H and O–H groups in total. The van der Waals surface area contributed by atoms with E-state index in [1.807, 2.05) is 6.07 Å². The van der Waals surface area contributed by atoms with Crippen molar-refractivity contribution < 1.29 is 29.1 Å². The lowest BCUT2D eigenvalue weighted by Crippen LogP contribution is -2.58. The van der Waals surface area contributed by atoms with Gasteiger partial charge in [-0.25, -0.2) is 0 Å². The van der Waals surface area contributed by atoms with Gasteiger partial charge in [-0.15, -0.1) is 0 Å². The average Bonchev–Trinajstić information content (AvgIpc) is 2.74. The molecule has 0 aliphatic carbocycles. The minimum atomic E-state index is -1.35. The minimum absolute atomic E-state index is 0.213. The lowest BCUT2D eigenvalue weighted by Gasteiger charge is -2.26. The van der Waals surface area contributed by atoms with Gasteiger partial charge in [0.1, 0.15) is 18.6 Å². The third-order valence-corrected chi connectivity index (χ3v) is 4.88. The Morgan fingerprint density at radius 1 is 1.00 bits per heavy atom. The molecule has 32 heavy (non-hydrogen) atoms. The lowest BCUT2D eigenvalue weighted by atomic mass is 9.97. The highest BCUT2D eigenvalue weighted by molar-refractivity contribution is 5.96. The molecule has 0 bridgehead atoms. The van der Waals surface area contributed by atoms with Crippen molar-refractivity contribution in [3.8, 4) is 0 Å². The highest BCUT2D eigenvalue weighted by atomic mass is 16.4. The van der Waals surface area contributed by atoms with E-state index >= 15 is 0 Å². The van der Waals surface area contributed by atoms with E-state index in [0.717, 1.165) is 5.56 Å². The first-order valence-electron chi connectivity index (χ1n) is 10.2. The number of rotatable bonds is 13. The number of primary amides is 1.